The van der Waals surface area contributed by atoms with Crippen molar-refractivity contribution in [3.05, 3.63) is 16.6 Å². The van der Waals surface area contributed by atoms with Crippen LogP contribution in [0.4, 0.5) is 0 Å². The molecule has 1 saturated heterocycles. The first-order valence-corrected chi connectivity index (χ1v) is 5.72. The Balaban J connectivity index is 2.04. The van der Waals surface area contributed by atoms with E-state index in [2.05, 4.69) is 10.4 Å². The second kappa shape index (κ2) is 4.84. The predicted molar refractivity (Wildman–Crippen MR) is 55.7 cm³/mol. The molecule has 1 aromatic heterocycles. The molecular formula is C9H15N3OS. The van der Waals surface area contributed by atoms with Crippen molar-refractivity contribution in [2.75, 3.05) is 13.2 Å². The Morgan fingerprint density at radius 2 is 2.64 bits per heavy atom. The van der Waals surface area contributed by atoms with Crippen molar-refractivity contribution < 1.29 is 4.74 Å². The number of thiazole rings is 1. The first-order valence-electron chi connectivity index (χ1n) is 4.84. The summed E-state index contributed by atoms with van der Waals surface area (Å²) in [5.41, 5.74) is 4.70. The fourth-order valence-electron chi connectivity index (χ4n) is 1.86. The van der Waals surface area contributed by atoms with Gasteiger partial charge in [-0.3, -0.25) is 16.3 Å². The first kappa shape index (κ1) is 10.0. The number of rotatable bonds is 3. The lowest BCUT2D eigenvalue weighted by Gasteiger charge is -2.28. The molecule has 0 aliphatic carbocycles. The fourth-order valence-corrected chi connectivity index (χ4v) is 2.63. The summed E-state index contributed by atoms with van der Waals surface area (Å²) >= 11 is 1.64. The van der Waals surface area contributed by atoms with Crippen LogP contribution in [0.15, 0.2) is 11.7 Å². The standard InChI is InChI=1S/C9H15N3OS/c10-12-9(8-4-11-6-14-8)7-2-1-3-13-5-7/h4,6-7,9,12H,1-3,5,10H2. The van der Waals surface area contributed by atoms with Crippen molar-refractivity contribution >= 4 is 11.3 Å². The fraction of sp³-hybridized carbons (Fsp3) is 0.667. The molecule has 2 unspecified atom stereocenters. The van der Waals surface area contributed by atoms with E-state index < -0.39 is 0 Å². The molecule has 3 N–H and O–H groups in total. The second-order valence-corrected chi connectivity index (χ2v) is 4.44. The van der Waals surface area contributed by atoms with Gasteiger partial charge in [0.2, 0.25) is 0 Å². The summed E-state index contributed by atoms with van der Waals surface area (Å²) in [6.07, 6.45) is 4.18. The summed E-state index contributed by atoms with van der Waals surface area (Å²) < 4.78 is 5.45. The maximum Gasteiger partial charge on any atom is 0.0794 e. The van der Waals surface area contributed by atoms with Crippen LogP contribution in [0.25, 0.3) is 0 Å². The van der Waals surface area contributed by atoms with Gasteiger partial charge >= 0.3 is 0 Å². The lowest BCUT2D eigenvalue weighted by atomic mass is 9.93. The molecule has 1 aromatic rings. The third-order valence-electron chi connectivity index (χ3n) is 2.60. The van der Waals surface area contributed by atoms with Gasteiger partial charge in [-0.1, -0.05) is 0 Å². The third-order valence-corrected chi connectivity index (χ3v) is 3.46. The Morgan fingerprint density at radius 3 is 3.21 bits per heavy atom. The molecule has 0 saturated carbocycles. The van der Waals surface area contributed by atoms with Crippen LogP contribution in [0.2, 0.25) is 0 Å². The van der Waals surface area contributed by atoms with Gasteiger partial charge in [-0.2, -0.15) is 0 Å². The molecule has 14 heavy (non-hydrogen) atoms. The van der Waals surface area contributed by atoms with Gasteiger partial charge < -0.3 is 4.74 Å². The van der Waals surface area contributed by atoms with E-state index in [1.165, 1.54) is 11.3 Å². The van der Waals surface area contributed by atoms with Gasteiger partial charge in [0, 0.05) is 23.6 Å². The van der Waals surface area contributed by atoms with Crippen molar-refractivity contribution in [3.63, 3.8) is 0 Å². The van der Waals surface area contributed by atoms with Gasteiger partial charge in [-0.05, 0) is 12.8 Å². The number of hydrogen-bond donors (Lipinski definition) is 2. The van der Waals surface area contributed by atoms with E-state index in [0.717, 1.165) is 19.6 Å². The largest absolute Gasteiger partial charge is 0.381 e. The average molecular weight is 213 g/mol. The molecular weight excluding hydrogens is 198 g/mol. The Morgan fingerprint density at radius 1 is 1.71 bits per heavy atom. The van der Waals surface area contributed by atoms with Gasteiger partial charge in [0.15, 0.2) is 0 Å². The SMILES string of the molecule is NNC(c1cncs1)C1CCCOC1. The number of nitrogens with one attached hydrogen (secondary N) is 1. The molecule has 2 rings (SSSR count). The molecule has 2 heterocycles. The molecule has 0 radical (unpaired) electrons. The van der Waals surface area contributed by atoms with Crippen molar-refractivity contribution in [2.45, 2.75) is 18.9 Å². The summed E-state index contributed by atoms with van der Waals surface area (Å²) in [7, 11) is 0. The molecule has 5 heteroatoms. The highest BCUT2D eigenvalue weighted by molar-refractivity contribution is 7.09. The van der Waals surface area contributed by atoms with Crippen LogP contribution >= 0.6 is 11.3 Å². The Bertz CT molecular complexity index is 259. The van der Waals surface area contributed by atoms with Crippen molar-refractivity contribution in [1.29, 1.82) is 0 Å². The number of nitrogens with zero attached hydrogens (tertiary/aromatic N) is 1. The minimum absolute atomic E-state index is 0.197. The van der Waals surface area contributed by atoms with Gasteiger partial charge in [0.1, 0.15) is 0 Å². The highest BCUT2D eigenvalue weighted by Gasteiger charge is 2.25. The van der Waals surface area contributed by atoms with E-state index in [0.29, 0.717) is 5.92 Å². The van der Waals surface area contributed by atoms with E-state index in [1.807, 2.05) is 11.7 Å². The zero-order valence-electron chi connectivity index (χ0n) is 7.98. The average Bonchev–Trinajstić information content (AvgIpc) is 2.74. The maximum absolute atomic E-state index is 5.57. The summed E-state index contributed by atoms with van der Waals surface area (Å²) in [6, 6.07) is 0.197. The summed E-state index contributed by atoms with van der Waals surface area (Å²) in [5.74, 6) is 6.05. The zero-order chi connectivity index (χ0) is 9.80. The summed E-state index contributed by atoms with van der Waals surface area (Å²) in [4.78, 5) is 5.27. The Labute approximate surface area is 87.4 Å². The minimum atomic E-state index is 0.197. The Kier molecular flexibility index (Phi) is 3.47. The molecule has 0 amide bonds. The monoisotopic (exact) mass is 213 g/mol. The van der Waals surface area contributed by atoms with Crippen LogP contribution in [-0.2, 0) is 4.74 Å². The van der Waals surface area contributed by atoms with Crippen LogP contribution in [0.5, 0.6) is 0 Å². The second-order valence-electron chi connectivity index (χ2n) is 3.53. The normalized spacial score (nSPS) is 24.8. The highest BCUT2D eigenvalue weighted by atomic mass is 32.1. The van der Waals surface area contributed by atoms with Gasteiger partial charge in [0.05, 0.1) is 18.2 Å². The quantitative estimate of drug-likeness (QED) is 0.582. The van der Waals surface area contributed by atoms with Crippen molar-refractivity contribution in [3.8, 4) is 0 Å². The van der Waals surface area contributed by atoms with Crippen LogP contribution < -0.4 is 11.3 Å². The van der Waals surface area contributed by atoms with Crippen LogP contribution in [0.3, 0.4) is 0 Å². The topological polar surface area (TPSA) is 60.2 Å². The lowest BCUT2D eigenvalue weighted by Crippen LogP contribution is -2.36. The van der Waals surface area contributed by atoms with Gasteiger partial charge in [0.25, 0.3) is 0 Å². The summed E-state index contributed by atoms with van der Waals surface area (Å²) in [5, 5.41) is 0. The van der Waals surface area contributed by atoms with Gasteiger partial charge in [-0.25, -0.2) is 0 Å². The number of nitrogens with two attached hydrogens (primary N) is 1. The molecule has 0 bridgehead atoms. The van der Waals surface area contributed by atoms with Crippen LogP contribution in [0.1, 0.15) is 23.8 Å². The first-order chi connectivity index (χ1) is 6.92. The van der Waals surface area contributed by atoms with Crippen molar-refractivity contribution in [2.24, 2.45) is 11.8 Å². The smallest absolute Gasteiger partial charge is 0.0794 e. The van der Waals surface area contributed by atoms with Crippen molar-refractivity contribution in [1.82, 2.24) is 10.4 Å². The number of hydrogen-bond acceptors (Lipinski definition) is 5. The lowest BCUT2D eigenvalue weighted by molar-refractivity contribution is 0.0395. The summed E-state index contributed by atoms with van der Waals surface area (Å²) in [6.45, 7) is 1.68. The molecule has 1 aliphatic heterocycles. The zero-order valence-corrected chi connectivity index (χ0v) is 8.80. The molecule has 78 valence electrons. The van der Waals surface area contributed by atoms with E-state index >= 15 is 0 Å². The van der Waals surface area contributed by atoms with Gasteiger partial charge in [-0.15, -0.1) is 11.3 Å². The number of aromatic nitrogens is 1. The van der Waals surface area contributed by atoms with E-state index in [9.17, 15) is 0 Å². The molecule has 0 spiro atoms. The predicted octanol–water partition coefficient (Wildman–Crippen LogP) is 1.07. The van der Waals surface area contributed by atoms with E-state index in [4.69, 9.17) is 10.6 Å². The van der Waals surface area contributed by atoms with Crippen LogP contribution in [0, 0.1) is 5.92 Å². The Hall–Kier alpha value is -0.490. The highest BCUT2D eigenvalue weighted by Crippen LogP contribution is 2.29. The third kappa shape index (κ3) is 2.12. The molecule has 1 fully saturated rings. The molecule has 0 aromatic carbocycles. The van der Waals surface area contributed by atoms with E-state index in [1.54, 1.807) is 11.3 Å². The molecule has 4 nitrogen and oxygen atoms in total. The molecule has 2 atom stereocenters. The minimum Gasteiger partial charge on any atom is -0.381 e. The molecule has 1 aliphatic rings. The number of hydrazine groups is 1. The maximum atomic E-state index is 5.57. The van der Waals surface area contributed by atoms with E-state index in [-0.39, 0.29) is 6.04 Å². The number of ether oxygens (including phenoxy) is 1. The van der Waals surface area contributed by atoms with Crippen LogP contribution in [-0.4, -0.2) is 18.2 Å².